The molecule has 0 spiro atoms. The first-order chi connectivity index (χ1) is 16.6. The minimum atomic E-state index is -3.37. The predicted molar refractivity (Wildman–Crippen MR) is 142 cm³/mol. The van der Waals surface area contributed by atoms with Crippen molar-refractivity contribution in [2.24, 2.45) is 0 Å². The molecule has 1 aliphatic rings. The maximum Gasteiger partial charge on any atom is 0.337 e. The van der Waals surface area contributed by atoms with Gasteiger partial charge >= 0.3 is 5.97 Å². The standard InChI is InChI=1S/C29H38O5S/c1-6-7-8-9-16-34-26-20-27-25(29(3,4)15-10-17-35(27,31)32)19-24(26)21(2)18-22-11-13-23(14-12-22)28(30)33-5/h11-14,18-20H,6-10,15-17H2,1-5H3. The maximum absolute atomic E-state index is 13.1. The van der Waals surface area contributed by atoms with E-state index in [0.717, 1.165) is 54.4 Å². The number of carbonyl (C=O) groups is 1. The molecule has 0 aromatic heterocycles. The summed E-state index contributed by atoms with van der Waals surface area (Å²) >= 11 is 0. The van der Waals surface area contributed by atoms with Gasteiger partial charge < -0.3 is 9.47 Å². The lowest BCUT2D eigenvalue weighted by atomic mass is 9.79. The molecule has 0 radical (unpaired) electrons. The molecule has 2 aromatic carbocycles. The zero-order chi connectivity index (χ0) is 25.6. The fourth-order valence-electron chi connectivity index (χ4n) is 4.60. The highest BCUT2D eigenvalue weighted by Crippen LogP contribution is 2.42. The number of esters is 1. The summed E-state index contributed by atoms with van der Waals surface area (Å²) in [5.41, 5.74) is 3.91. The van der Waals surface area contributed by atoms with Crippen molar-refractivity contribution in [1.29, 1.82) is 0 Å². The molecular formula is C29H38O5S. The number of unbranched alkanes of at least 4 members (excludes halogenated alkanes) is 3. The lowest BCUT2D eigenvalue weighted by Crippen LogP contribution is -2.18. The Hall–Kier alpha value is -2.60. The summed E-state index contributed by atoms with van der Waals surface area (Å²) in [5.74, 6) is 0.409. The Morgan fingerprint density at radius 2 is 1.80 bits per heavy atom. The third-order valence-corrected chi connectivity index (χ3v) is 8.59. The lowest BCUT2D eigenvalue weighted by molar-refractivity contribution is 0.0600. The van der Waals surface area contributed by atoms with Crippen molar-refractivity contribution in [2.75, 3.05) is 19.5 Å². The van der Waals surface area contributed by atoms with E-state index < -0.39 is 9.84 Å². The molecule has 5 nitrogen and oxygen atoms in total. The number of rotatable bonds is 9. The minimum absolute atomic E-state index is 0.167. The van der Waals surface area contributed by atoms with Gasteiger partial charge in [-0.05, 0) is 72.6 Å². The molecule has 1 aliphatic heterocycles. The van der Waals surface area contributed by atoms with Gasteiger partial charge in [-0.25, -0.2) is 13.2 Å². The van der Waals surface area contributed by atoms with E-state index in [1.54, 1.807) is 18.2 Å². The van der Waals surface area contributed by atoms with E-state index in [-0.39, 0.29) is 17.1 Å². The summed E-state index contributed by atoms with van der Waals surface area (Å²) in [6.07, 6.45) is 7.81. The van der Waals surface area contributed by atoms with Crippen LogP contribution in [0.2, 0.25) is 0 Å². The normalized spacial score (nSPS) is 16.8. The summed E-state index contributed by atoms with van der Waals surface area (Å²) in [6.45, 7) is 8.97. The number of carbonyl (C=O) groups excluding carboxylic acids is 1. The Morgan fingerprint density at radius 3 is 2.46 bits per heavy atom. The van der Waals surface area contributed by atoms with Crippen LogP contribution < -0.4 is 4.74 Å². The molecule has 0 fully saturated rings. The Kier molecular flexibility index (Phi) is 8.81. The number of fused-ring (bicyclic) bond motifs is 1. The van der Waals surface area contributed by atoms with Crippen LogP contribution in [0.1, 0.15) is 93.3 Å². The Bertz CT molecular complexity index is 1170. The number of sulfone groups is 1. The van der Waals surface area contributed by atoms with Crippen molar-refractivity contribution in [2.45, 2.75) is 76.5 Å². The van der Waals surface area contributed by atoms with Gasteiger partial charge in [-0.15, -0.1) is 0 Å². The van der Waals surface area contributed by atoms with Crippen molar-refractivity contribution >= 4 is 27.5 Å². The van der Waals surface area contributed by atoms with E-state index in [4.69, 9.17) is 9.47 Å². The largest absolute Gasteiger partial charge is 0.493 e. The highest BCUT2D eigenvalue weighted by Gasteiger charge is 2.34. The summed E-state index contributed by atoms with van der Waals surface area (Å²) in [5, 5.41) is 0. The van der Waals surface area contributed by atoms with Crippen LogP contribution in [0.4, 0.5) is 0 Å². The second-order valence-electron chi connectivity index (χ2n) is 10.0. The fourth-order valence-corrected chi connectivity index (χ4v) is 6.30. The average Bonchev–Trinajstić information content (AvgIpc) is 2.91. The van der Waals surface area contributed by atoms with Gasteiger partial charge in [0.2, 0.25) is 0 Å². The average molecular weight is 499 g/mol. The van der Waals surface area contributed by atoms with Crippen LogP contribution >= 0.6 is 0 Å². The molecule has 3 rings (SSSR count). The number of benzene rings is 2. The van der Waals surface area contributed by atoms with Crippen LogP contribution in [-0.4, -0.2) is 33.9 Å². The molecule has 1 heterocycles. The molecule has 0 unspecified atom stereocenters. The quantitative estimate of drug-likeness (QED) is 0.215. The molecule has 0 aliphatic carbocycles. The molecule has 0 amide bonds. The Morgan fingerprint density at radius 1 is 1.09 bits per heavy atom. The van der Waals surface area contributed by atoms with Crippen molar-refractivity contribution < 1.29 is 22.7 Å². The van der Waals surface area contributed by atoms with Crippen LogP contribution in [0, 0.1) is 0 Å². The van der Waals surface area contributed by atoms with Crippen LogP contribution in [-0.2, 0) is 20.0 Å². The van der Waals surface area contributed by atoms with Crippen LogP contribution in [0.5, 0.6) is 5.75 Å². The zero-order valence-corrected chi connectivity index (χ0v) is 22.5. The van der Waals surface area contributed by atoms with Crippen LogP contribution in [0.3, 0.4) is 0 Å². The third-order valence-electron chi connectivity index (χ3n) is 6.76. The number of hydrogen-bond acceptors (Lipinski definition) is 5. The van der Waals surface area contributed by atoms with Crippen molar-refractivity contribution in [1.82, 2.24) is 0 Å². The van der Waals surface area contributed by atoms with Crippen molar-refractivity contribution in [3.05, 3.63) is 58.7 Å². The van der Waals surface area contributed by atoms with E-state index in [1.807, 2.05) is 31.2 Å². The summed E-state index contributed by atoms with van der Waals surface area (Å²) < 4.78 is 37.2. The number of allylic oxidation sites excluding steroid dienone is 1. The molecule has 0 bridgehead atoms. The Labute approximate surface area is 210 Å². The van der Waals surface area contributed by atoms with Crippen molar-refractivity contribution in [3.63, 3.8) is 0 Å². The number of hydrogen-bond donors (Lipinski definition) is 0. The number of methoxy groups -OCH3 is 1. The van der Waals surface area contributed by atoms with Gasteiger partial charge in [-0.1, -0.05) is 58.2 Å². The topological polar surface area (TPSA) is 69.7 Å². The molecule has 6 heteroatoms. The van der Waals surface area contributed by atoms with E-state index in [1.165, 1.54) is 7.11 Å². The first-order valence-corrected chi connectivity index (χ1v) is 14.2. The van der Waals surface area contributed by atoms with Gasteiger partial charge in [0.1, 0.15) is 5.75 Å². The second-order valence-corrected chi connectivity index (χ2v) is 12.1. The molecule has 35 heavy (non-hydrogen) atoms. The van der Waals surface area contributed by atoms with E-state index in [0.29, 0.717) is 29.2 Å². The smallest absolute Gasteiger partial charge is 0.337 e. The zero-order valence-electron chi connectivity index (χ0n) is 21.6. The molecule has 2 aromatic rings. The van der Waals surface area contributed by atoms with E-state index >= 15 is 0 Å². The van der Waals surface area contributed by atoms with Gasteiger partial charge in [0.05, 0.1) is 29.9 Å². The van der Waals surface area contributed by atoms with Crippen LogP contribution in [0.15, 0.2) is 41.3 Å². The van der Waals surface area contributed by atoms with E-state index in [2.05, 4.69) is 20.8 Å². The lowest BCUT2D eigenvalue weighted by Gasteiger charge is -2.26. The van der Waals surface area contributed by atoms with Gasteiger partial charge in [-0.2, -0.15) is 0 Å². The molecule has 0 N–H and O–H groups in total. The van der Waals surface area contributed by atoms with Gasteiger partial charge in [0.15, 0.2) is 9.84 Å². The predicted octanol–water partition coefficient (Wildman–Crippen LogP) is 6.84. The van der Waals surface area contributed by atoms with E-state index in [9.17, 15) is 13.2 Å². The van der Waals surface area contributed by atoms with Gasteiger partial charge in [0.25, 0.3) is 0 Å². The maximum atomic E-state index is 13.1. The minimum Gasteiger partial charge on any atom is -0.493 e. The Balaban J connectivity index is 2.05. The SMILES string of the molecule is CCCCCCOc1cc2c(cc1C(C)=Cc1ccc(C(=O)OC)cc1)C(C)(C)CCCS2(=O)=O. The third kappa shape index (κ3) is 6.54. The van der Waals surface area contributed by atoms with Gasteiger partial charge in [-0.3, -0.25) is 0 Å². The molecule has 0 saturated heterocycles. The first-order valence-electron chi connectivity index (χ1n) is 12.5. The fraction of sp³-hybridized carbons (Fsp3) is 0.483. The highest BCUT2D eigenvalue weighted by molar-refractivity contribution is 7.91. The molecule has 190 valence electrons. The summed E-state index contributed by atoms with van der Waals surface area (Å²) in [4.78, 5) is 12.2. The van der Waals surface area contributed by atoms with Crippen LogP contribution in [0.25, 0.3) is 11.6 Å². The summed E-state index contributed by atoms with van der Waals surface area (Å²) in [6, 6.07) is 11.0. The second kappa shape index (κ2) is 11.4. The highest BCUT2D eigenvalue weighted by atomic mass is 32.2. The molecular weight excluding hydrogens is 460 g/mol. The van der Waals surface area contributed by atoms with Crippen molar-refractivity contribution in [3.8, 4) is 5.75 Å². The monoisotopic (exact) mass is 498 g/mol. The molecule has 0 atom stereocenters. The molecule has 0 saturated carbocycles. The number of ether oxygens (including phenoxy) is 2. The summed E-state index contributed by atoms with van der Waals surface area (Å²) in [7, 11) is -2.01. The first kappa shape index (κ1) is 27.0. The van der Waals surface area contributed by atoms with Gasteiger partial charge in [0, 0.05) is 5.56 Å².